The number of rotatable bonds is 9. The summed E-state index contributed by atoms with van der Waals surface area (Å²) in [7, 11) is 0. The zero-order chi connectivity index (χ0) is 38.1. The minimum absolute atomic E-state index is 0.0277. The molecule has 16 heteroatoms. The molecule has 2 amide bonds. The summed E-state index contributed by atoms with van der Waals surface area (Å²) in [6.45, 7) is 10.6. The number of benzene rings is 2. The number of anilines is 3. The van der Waals surface area contributed by atoms with Gasteiger partial charge >= 0.3 is 12.1 Å². The van der Waals surface area contributed by atoms with Crippen molar-refractivity contribution in [3.05, 3.63) is 70.0 Å². The van der Waals surface area contributed by atoms with Gasteiger partial charge in [0.25, 0.3) is 5.91 Å². The SMILES string of the molecule is Cc1cc(NC(=O)c2ccccc2C(=O)O)nc(-c2cc3nc(NCC(F)C(C)(C)O)nc(N4CCN(C(=O)OC(C)(C)C)CC4)c3cc2Cl)c1F. The number of halogens is 3. The maximum atomic E-state index is 15.8. The summed E-state index contributed by atoms with van der Waals surface area (Å²) in [4.78, 5) is 54.6. The molecule has 1 saturated heterocycles. The number of nitrogens with zero attached hydrogens (tertiary/aromatic N) is 5. The fraction of sp³-hybridized carbons (Fsp3) is 0.389. The molecule has 276 valence electrons. The summed E-state index contributed by atoms with van der Waals surface area (Å²) < 4.78 is 36.1. The van der Waals surface area contributed by atoms with Crippen molar-refractivity contribution >= 4 is 58.1 Å². The maximum absolute atomic E-state index is 15.8. The maximum Gasteiger partial charge on any atom is 0.410 e. The highest BCUT2D eigenvalue weighted by Gasteiger charge is 2.30. The van der Waals surface area contributed by atoms with Crippen LogP contribution in [0, 0.1) is 12.7 Å². The first-order valence-corrected chi connectivity index (χ1v) is 16.9. The Balaban J connectivity index is 1.53. The number of aryl methyl sites for hydroxylation is 1. The number of alkyl halides is 1. The second-order valence-corrected chi connectivity index (χ2v) is 14.4. The Labute approximate surface area is 304 Å². The highest BCUT2D eigenvalue weighted by molar-refractivity contribution is 6.34. The topological polar surface area (TPSA) is 170 Å². The van der Waals surface area contributed by atoms with Gasteiger partial charge in [-0.25, -0.2) is 28.3 Å². The molecule has 1 atom stereocenters. The van der Waals surface area contributed by atoms with Crippen molar-refractivity contribution in [2.75, 3.05) is 48.3 Å². The number of carbonyl (C=O) groups is 3. The van der Waals surface area contributed by atoms with Crippen molar-refractivity contribution < 1.29 is 38.1 Å². The molecule has 1 fully saturated rings. The molecule has 1 unspecified atom stereocenters. The summed E-state index contributed by atoms with van der Waals surface area (Å²) >= 11 is 6.81. The lowest BCUT2D eigenvalue weighted by atomic mass is 10.0. The van der Waals surface area contributed by atoms with Gasteiger partial charge in [-0.15, -0.1) is 0 Å². The third-order valence-corrected chi connectivity index (χ3v) is 8.55. The molecule has 4 aromatic rings. The molecule has 4 N–H and O–H groups in total. The van der Waals surface area contributed by atoms with E-state index in [0.29, 0.717) is 42.9 Å². The molecule has 0 spiro atoms. The van der Waals surface area contributed by atoms with E-state index in [4.69, 9.17) is 16.3 Å². The molecule has 1 aliphatic heterocycles. The van der Waals surface area contributed by atoms with E-state index in [-0.39, 0.29) is 51.3 Å². The molecule has 2 aromatic carbocycles. The van der Waals surface area contributed by atoms with Gasteiger partial charge in [0.05, 0.1) is 33.8 Å². The van der Waals surface area contributed by atoms with Crippen LogP contribution in [0.3, 0.4) is 0 Å². The standard InChI is InChI=1S/C36H40ClF2N7O6/c1-19-15-27(43-31(47)20-9-7-8-10-21(20)32(48)49)42-29(28(19)39)22-17-25-23(16-24(22)37)30(44-33(41-25)40-18-26(38)36(5,6)51)45-11-13-46(14-12-45)34(50)52-35(2,3)4/h7-10,15-17,26,51H,11-14,18H2,1-6H3,(H,48,49)(H,40,41,44)(H,42,43,47). The lowest BCUT2D eigenvalue weighted by Gasteiger charge is -2.36. The Morgan fingerprint density at radius 1 is 1.00 bits per heavy atom. The minimum Gasteiger partial charge on any atom is -0.478 e. The highest BCUT2D eigenvalue weighted by Crippen LogP contribution is 2.37. The van der Waals surface area contributed by atoms with E-state index in [9.17, 15) is 29.0 Å². The summed E-state index contributed by atoms with van der Waals surface area (Å²) in [6, 6.07) is 10.0. The Bertz CT molecular complexity index is 2030. The molecule has 0 bridgehead atoms. The van der Waals surface area contributed by atoms with E-state index in [1.165, 1.54) is 57.2 Å². The van der Waals surface area contributed by atoms with Gasteiger partial charge in [0, 0.05) is 37.1 Å². The Hall–Kier alpha value is -5.15. The monoisotopic (exact) mass is 739 g/mol. The first-order chi connectivity index (χ1) is 24.3. The van der Waals surface area contributed by atoms with Crippen molar-refractivity contribution in [2.24, 2.45) is 0 Å². The van der Waals surface area contributed by atoms with Crippen molar-refractivity contribution in [3.8, 4) is 11.3 Å². The van der Waals surface area contributed by atoms with Crippen molar-refractivity contribution in [2.45, 2.75) is 58.9 Å². The number of carbonyl (C=O) groups excluding carboxylic acids is 2. The number of hydrogen-bond donors (Lipinski definition) is 4. The summed E-state index contributed by atoms with van der Waals surface area (Å²) in [5.74, 6) is -2.37. The van der Waals surface area contributed by atoms with Crippen molar-refractivity contribution in [3.63, 3.8) is 0 Å². The molecule has 13 nitrogen and oxygen atoms in total. The number of aliphatic hydroxyl groups is 1. The normalized spacial score (nSPS) is 14.3. The molecule has 0 saturated carbocycles. The number of hydrogen-bond acceptors (Lipinski definition) is 10. The van der Waals surface area contributed by atoms with Crippen LogP contribution in [-0.4, -0.2) is 98.1 Å². The zero-order valence-corrected chi connectivity index (χ0v) is 30.3. The fourth-order valence-electron chi connectivity index (χ4n) is 5.44. The smallest absolute Gasteiger partial charge is 0.410 e. The molecule has 1 aliphatic rings. The molecule has 0 aliphatic carbocycles. The predicted molar refractivity (Wildman–Crippen MR) is 194 cm³/mol. The van der Waals surface area contributed by atoms with Gasteiger partial charge in [-0.1, -0.05) is 23.7 Å². The van der Waals surface area contributed by atoms with Crippen LogP contribution < -0.4 is 15.5 Å². The van der Waals surface area contributed by atoms with Crippen LogP contribution in [0.25, 0.3) is 22.2 Å². The number of carboxylic acids is 1. The van der Waals surface area contributed by atoms with Gasteiger partial charge in [0.1, 0.15) is 29.1 Å². The number of aromatic carboxylic acids is 1. The van der Waals surface area contributed by atoms with E-state index in [1.807, 2.05) is 4.90 Å². The minimum atomic E-state index is -1.67. The number of fused-ring (bicyclic) bond motifs is 1. The fourth-order valence-corrected chi connectivity index (χ4v) is 5.70. The molecule has 3 heterocycles. The van der Waals surface area contributed by atoms with Crippen LogP contribution in [-0.2, 0) is 4.74 Å². The van der Waals surface area contributed by atoms with Crippen LogP contribution in [0.4, 0.5) is 31.2 Å². The summed E-state index contributed by atoms with van der Waals surface area (Å²) in [5, 5.41) is 25.6. The van der Waals surface area contributed by atoms with E-state index in [1.54, 1.807) is 31.7 Å². The number of amides is 2. The molecule has 0 radical (unpaired) electrons. The van der Waals surface area contributed by atoms with Gasteiger partial charge in [-0.05, 0) is 77.4 Å². The quantitative estimate of drug-likeness (QED) is 0.152. The van der Waals surface area contributed by atoms with Crippen LogP contribution in [0.15, 0.2) is 42.5 Å². The largest absolute Gasteiger partial charge is 0.478 e. The predicted octanol–water partition coefficient (Wildman–Crippen LogP) is 6.32. The second-order valence-electron chi connectivity index (χ2n) is 14.0. The number of nitrogens with one attached hydrogen (secondary N) is 2. The average Bonchev–Trinajstić information content (AvgIpc) is 3.07. The zero-order valence-electron chi connectivity index (χ0n) is 29.6. The molecule has 5 rings (SSSR count). The van der Waals surface area contributed by atoms with Gasteiger partial charge < -0.3 is 35.4 Å². The van der Waals surface area contributed by atoms with Crippen molar-refractivity contribution in [1.82, 2.24) is 19.9 Å². The summed E-state index contributed by atoms with van der Waals surface area (Å²) in [6.07, 6.45) is -2.11. The molecule has 2 aromatic heterocycles. The van der Waals surface area contributed by atoms with Crippen molar-refractivity contribution in [1.29, 1.82) is 0 Å². The second kappa shape index (κ2) is 14.8. The average molecular weight is 740 g/mol. The number of pyridine rings is 1. The lowest BCUT2D eigenvalue weighted by molar-refractivity contribution is 0.00316. The highest BCUT2D eigenvalue weighted by atomic mass is 35.5. The van der Waals surface area contributed by atoms with Crippen LogP contribution >= 0.6 is 11.6 Å². The number of carboxylic acid groups (broad SMARTS) is 1. The Morgan fingerprint density at radius 2 is 1.65 bits per heavy atom. The Morgan fingerprint density at radius 3 is 2.27 bits per heavy atom. The van der Waals surface area contributed by atoms with E-state index in [2.05, 4.69) is 25.6 Å². The van der Waals surface area contributed by atoms with Crippen LogP contribution in [0.5, 0.6) is 0 Å². The van der Waals surface area contributed by atoms with Gasteiger partial charge in [0.15, 0.2) is 5.82 Å². The van der Waals surface area contributed by atoms with E-state index in [0.717, 1.165) is 0 Å². The lowest BCUT2D eigenvalue weighted by Crippen LogP contribution is -2.50. The molecular formula is C36H40ClF2N7O6. The number of aromatic nitrogens is 3. The third-order valence-electron chi connectivity index (χ3n) is 8.24. The van der Waals surface area contributed by atoms with E-state index >= 15 is 4.39 Å². The first-order valence-electron chi connectivity index (χ1n) is 16.5. The van der Waals surface area contributed by atoms with E-state index < -0.39 is 41.2 Å². The van der Waals surface area contributed by atoms with Gasteiger partial charge in [0.2, 0.25) is 5.95 Å². The van der Waals surface area contributed by atoms with Gasteiger partial charge in [-0.2, -0.15) is 4.98 Å². The van der Waals surface area contributed by atoms with Gasteiger partial charge in [-0.3, -0.25) is 4.79 Å². The number of ether oxygens (including phenoxy) is 1. The molecule has 52 heavy (non-hydrogen) atoms. The summed E-state index contributed by atoms with van der Waals surface area (Å²) in [5.41, 5.74) is -2.29. The number of piperazine rings is 1. The Kier molecular flexibility index (Phi) is 10.9. The first kappa shape index (κ1) is 38.1. The van der Waals surface area contributed by atoms with Crippen LogP contribution in [0.1, 0.15) is 60.9 Å². The third kappa shape index (κ3) is 8.65. The molecular weight excluding hydrogens is 700 g/mol. The van der Waals surface area contributed by atoms with Crippen LogP contribution in [0.2, 0.25) is 5.02 Å².